The average molecular weight is 799 g/mol. The van der Waals surface area contributed by atoms with Crippen molar-refractivity contribution in [2.75, 3.05) is 6.54 Å². The molecule has 0 aliphatic carbocycles. The summed E-state index contributed by atoms with van der Waals surface area (Å²) in [5.41, 5.74) is 5.49. The molecule has 330 valence electrons. The Morgan fingerprint density at radius 1 is 0.526 bits per heavy atom. The summed E-state index contributed by atoms with van der Waals surface area (Å²) in [5, 5.41) is 12.0. The SMILES string of the molecule is CC/C=C\C/C=C\C/C=C\C/C=C\CCCCCCC(=O)OC(CCCCCCCCCCCCCCCC)CCCCCCCC(=O)NC(CCCN)C(=O)O. The van der Waals surface area contributed by atoms with Crippen LogP contribution in [0.3, 0.4) is 0 Å². The Balaban J connectivity index is 4.36. The van der Waals surface area contributed by atoms with E-state index >= 15 is 0 Å². The van der Waals surface area contributed by atoms with Gasteiger partial charge in [-0.15, -0.1) is 0 Å². The number of hydrogen-bond donors (Lipinski definition) is 3. The number of carboxylic acids is 1. The summed E-state index contributed by atoms with van der Waals surface area (Å²) in [6, 6.07) is -0.859. The summed E-state index contributed by atoms with van der Waals surface area (Å²) in [4.78, 5) is 36.5. The maximum Gasteiger partial charge on any atom is 0.326 e. The molecule has 7 nitrogen and oxygen atoms in total. The van der Waals surface area contributed by atoms with Crippen LogP contribution in [0.25, 0.3) is 0 Å². The van der Waals surface area contributed by atoms with E-state index in [0.717, 1.165) is 109 Å². The molecule has 0 aromatic heterocycles. The van der Waals surface area contributed by atoms with E-state index in [9.17, 15) is 19.5 Å². The van der Waals surface area contributed by atoms with Gasteiger partial charge in [0.05, 0.1) is 0 Å². The maximum atomic E-state index is 12.8. The first kappa shape index (κ1) is 54.3. The highest BCUT2D eigenvalue weighted by Gasteiger charge is 2.19. The van der Waals surface area contributed by atoms with E-state index in [0.29, 0.717) is 32.2 Å². The number of carbonyl (C=O) groups excluding carboxylic acids is 2. The molecule has 0 aromatic carbocycles. The summed E-state index contributed by atoms with van der Waals surface area (Å²) in [5.74, 6) is -1.25. The zero-order valence-electron chi connectivity index (χ0n) is 37.2. The lowest BCUT2D eigenvalue weighted by Gasteiger charge is -2.18. The Kier molecular flexibility index (Phi) is 42.4. The molecule has 1 amide bonds. The molecule has 0 spiro atoms. The summed E-state index contributed by atoms with van der Waals surface area (Å²) < 4.78 is 6.06. The van der Waals surface area contributed by atoms with Crippen LogP contribution in [0, 0.1) is 0 Å². The summed E-state index contributed by atoms with van der Waals surface area (Å²) >= 11 is 0. The van der Waals surface area contributed by atoms with Crippen LogP contribution in [-0.4, -0.2) is 41.6 Å². The van der Waals surface area contributed by atoms with Gasteiger partial charge in [-0.2, -0.15) is 0 Å². The molecular weight excluding hydrogens is 709 g/mol. The second kappa shape index (κ2) is 44.4. The van der Waals surface area contributed by atoms with Gasteiger partial charge in [-0.05, 0) is 96.4 Å². The standard InChI is InChI=1S/C50H90N2O5/c1-3-5-7-9-11-13-15-17-19-20-21-23-25-27-29-34-38-44-49(54)57-46(40-35-31-28-26-24-22-18-16-14-12-10-8-6-4-2)41-36-32-30-33-37-43-48(53)52-47(50(55)56)42-39-45-51/h5,7,11,13,17,19,21,23,46-47H,3-4,6,8-10,12,14-16,18,20,22,24-45,51H2,1-2H3,(H,52,53)(H,55,56)/b7-5-,13-11-,19-17-,23-21-. The van der Waals surface area contributed by atoms with Crippen molar-refractivity contribution in [2.45, 2.75) is 244 Å². The van der Waals surface area contributed by atoms with Gasteiger partial charge in [0.2, 0.25) is 5.91 Å². The van der Waals surface area contributed by atoms with Crippen molar-refractivity contribution in [3.63, 3.8) is 0 Å². The number of nitrogens with one attached hydrogen (secondary N) is 1. The molecule has 0 aliphatic rings. The number of unbranched alkanes of at least 4 members (excludes halogenated alkanes) is 21. The Morgan fingerprint density at radius 3 is 1.46 bits per heavy atom. The molecule has 2 unspecified atom stereocenters. The molecule has 0 rings (SSSR count). The minimum Gasteiger partial charge on any atom is -0.480 e. The molecule has 0 aromatic rings. The maximum absolute atomic E-state index is 12.8. The number of aliphatic carboxylic acids is 1. The van der Waals surface area contributed by atoms with Crippen molar-refractivity contribution in [3.05, 3.63) is 48.6 Å². The number of carboxylic acid groups (broad SMARTS) is 1. The van der Waals surface area contributed by atoms with Crippen molar-refractivity contribution >= 4 is 17.8 Å². The number of hydrogen-bond acceptors (Lipinski definition) is 5. The quantitative estimate of drug-likeness (QED) is 0.0321. The Bertz CT molecular complexity index is 1040. The summed E-state index contributed by atoms with van der Waals surface area (Å²) in [7, 11) is 0. The van der Waals surface area contributed by atoms with E-state index in [1.54, 1.807) is 0 Å². The molecule has 2 atom stereocenters. The van der Waals surface area contributed by atoms with Gasteiger partial charge in [-0.3, -0.25) is 9.59 Å². The molecule has 7 heteroatoms. The monoisotopic (exact) mass is 799 g/mol. The van der Waals surface area contributed by atoms with E-state index in [1.807, 2.05) is 0 Å². The largest absolute Gasteiger partial charge is 0.480 e. The van der Waals surface area contributed by atoms with Crippen molar-refractivity contribution in [3.8, 4) is 0 Å². The van der Waals surface area contributed by atoms with Crippen LogP contribution < -0.4 is 11.1 Å². The predicted molar refractivity (Wildman–Crippen MR) is 243 cm³/mol. The molecular formula is C50H90N2O5. The smallest absolute Gasteiger partial charge is 0.326 e. The van der Waals surface area contributed by atoms with E-state index in [-0.39, 0.29) is 18.0 Å². The predicted octanol–water partition coefficient (Wildman–Crippen LogP) is 14.0. The van der Waals surface area contributed by atoms with Gasteiger partial charge < -0.3 is 20.9 Å². The van der Waals surface area contributed by atoms with Crippen molar-refractivity contribution in [1.82, 2.24) is 5.32 Å². The number of esters is 1. The van der Waals surface area contributed by atoms with Gasteiger partial charge in [0.25, 0.3) is 0 Å². The molecule has 0 saturated heterocycles. The lowest BCUT2D eigenvalue weighted by molar-refractivity contribution is -0.150. The summed E-state index contributed by atoms with van der Waals surface area (Å²) in [6.07, 6.45) is 54.4. The van der Waals surface area contributed by atoms with E-state index in [1.165, 1.54) is 83.5 Å². The zero-order valence-corrected chi connectivity index (χ0v) is 37.2. The third-order valence-electron chi connectivity index (χ3n) is 10.7. The molecule has 57 heavy (non-hydrogen) atoms. The number of nitrogens with two attached hydrogens (primary N) is 1. The second-order valence-corrected chi connectivity index (χ2v) is 16.1. The lowest BCUT2D eigenvalue weighted by Crippen LogP contribution is -2.40. The van der Waals surface area contributed by atoms with E-state index in [4.69, 9.17) is 10.5 Å². The molecule has 0 fully saturated rings. The minimum atomic E-state index is -1.00. The third kappa shape index (κ3) is 41.3. The van der Waals surface area contributed by atoms with Gasteiger partial charge in [0.15, 0.2) is 0 Å². The first-order valence-corrected chi connectivity index (χ1v) is 24.0. The van der Waals surface area contributed by atoms with E-state index in [2.05, 4.69) is 67.8 Å². The Labute approximate surface area is 351 Å². The molecule has 4 N–H and O–H groups in total. The number of allylic oxidation sites excluding steroid dienone is 8. The molecule has 0 heterocycles. The van der Waals surface area contributed by atoms with Crippen LogP contribution in [0.5, 0.6) is 0 Å². The highest BCUT2D eigenvalue weighted by molar-refractivity contribution is 5.83. The molecule has 0 saturated carbocycles. The van der Waals surface area contributed by atoms with Crippen LogP contribution in [0.1, 0.15) is 232 Å². The number of rotatable bonds is 43. The molecule has 0 radical (unpaired) electrons. The Morgan fingerprint density at radius 2 is 0.965 bits per heavy atom. The van der Waals surface area contributed by atoms with Gasteiger partial charge in [-0.1, -0.05) is 178 Å². The second-order valence-electron chi connectivity index (χ2n) is 16.1. The van der Waals surface area contributed by atoms with Crippen LogP contribution >= 0.6 is 0 Å². The van der Waals surface area contributed by atoms with Gasteiger partial charge >= 0.3 is 11.9 Å². The molecule has 0 aliphatic heterocycles. The van der Waals surface area contributed by atoms with Gasteiger partial charge in [0, 0.05) is 12.8 Å². The fourth-order valence-corrected chi connectivity index (χ4v) is 7.09. The minimum absolute atomic E-state index is 0.000217. The number of amides is 1. The number of ether oxygens (including phenoxy) is 1. The van der Waals surface area contributed by atoms with Crippen LogP contribution in [0.15, 0.2) is 48.6 Å². The van der Waals surface area contributed by atoms with Gasteiger partial charge in [0.1, 0.15) is 12.1 Å². The number of carbonyl (C=O) groups is 3. The van der Waals surface area contributed by atoms with E-state index < -0.39 is 12.0 Å². The summed E-state index contributed by atoms with van der Waals surface area (Å²) in [6.45, 7) is 4.84. The van der Waals surface area contributed by atoms with Crippen LogP contribution in [0.2, 0.25) is 0 Å². The van der Waals surface area contributed by atoms with Crippen molar-refractivity contribution < 1.29 is 24.2 Å². The topological polar surface area (TPSA) is 119 Å². The third-order valence-corrected chi connectivity index (χ3v) is 10.7. The van der Waals surface area contributed by atoms with Crippen LogP contribution in [-0.2, 0) is 19.1 Å². The van der Waals surface area contributed by atoms with Crippen molar-refractivity contribution in [1.29, 1.82) is 0 Å². The highest BCUT2D eigenvalue weighted by atomic mass is 16.5. The van der Waals surface area contributed by atoms with Gasteiger partial charge in [-0.25, -0.2) is 4.79 Å². The first-order valence-electron chi connectivity index (χ1n) is 24.0. The first-order chi connectivity index (χ1) is 27.9. The highest BCUT2D eigenvalue weighted by Crippen LogP contribution is 2.19. The zero-order chi connectivity index (χ0) is 41.7. The fraction of sp³-hybridized carbons (Fsp3) is 0.780. The van der Waals surface area contributed by atoms with Crippen LogP contribution in [0.4, 0.5) is 0 Å². The Hall–Kier alpha value is -2.67. The average Bonchev–Trinajstić information content (AvgIpc) is 3.20. The molecule has 0 bridgehead atoms. The lowest BCUT2D eigenvalue weighted by atomic mass is 10.0. The van der Waals surface area contributed by atoms with Crippen molar-refractivity contribution in [2.24, 2.45) is 5.73 Å². The normalized spacial score (nSPS) is 13.0. The fourth-order valence-electron chi connectivity index (χ4n) is 7.09.